The second kappa shape index (κ2) is 7.69. The highest BCUT2D eigenvalue weighted by Gasteiger charge is 2.14. The van der Waals surface area contributed by atoms with E-state index in [-0.39, 0.29) is 0 Å². The Kier molecular flexibility index (Phi) is 6.22. The molecule has 1 aliphatic rings. The Morgan fingerprint density at radius 2 is 2.26 bits per heavy atom. The predicted octanol–water partition coefficient (Wildman–Crippen LogP) is 2.93. The fourth-order valence-electron chi connectivity index (χ4n) is 2.13. The molecule has 0 saturated carbocycles. The number of nitrogens with one attached hydrogen (secondary N) is 2. The Morgan fingerprint density at radius 3 is 2.84 bits per heavy atom. The van der Waals surface area contributed by atoms with Gasteiger partial charge < -0.3 is 10.6 Å². The van der Waals surface area contributed by atoms with Crippen molar-refractivity contribution in [2.75, 3.05) is 18.4 Å². The number of halogens is 1. The summed E-state index contributed by atoms with van der Waals surface area (Å²) >= 11 is 6.12. The molecule has 1 fully saturated rings. The lowest BCUT2D eigenvalue weighted by molar-refractivity contribution is 0.633. The normalized spacial score (nSPS) is 17.1. The molecule has 0 aromatic heterocycles. The zero-order valence-electron chi connectivity index (χ0n) is 11.0. The highest BCUT2D eigenvalue weighted by molar-refractivity contribution is 6.32. The maximum Gasteiger partial charge on any atom is 0.101 e. The van der Waals surface area contributed by atoms with Gasteiger partial charge in [0.25, 0.3) is 0 Å². The molecule has 0 aliphatic carbocycles. The Hall–Kier alpha value is -1.68. The molecule has 2 N–H and O–H groups in total. The molecule has 0 unspecified atom stereocenters. The van der Waals surface area contributed by atoms with E-state index in [1.807, 2.05) is 13.0 Å². The SMILES string of the molecule is C#C.Cc1c(NC[C@@H]2CCCN2)ccc(C#N)c1Cl. The van der Waals surface area contributed by atoms with Crippen LogP contribution in [0.1, 0.15) is 24.0 Å². The van der Waals surface area contributed by atoms with Crippen molar-refractivity contribution in [2.45, 2.75) is 25.8 Å². The molecule has 1 aliphatic heterocycles. The third-order valence-corrected chi connectivity index (χ3v) is 3.70. The summed E-state index contributed by atoms with van der Waals surface area (Å²) in [7, 11) is 0. The minimum absolute atomic E-state index is 0.536. The average Bonchev–Trinajstić information content (AvgIpc) is 2.96. The van der Waals surface area contributed by atoms with Gasteiger partial charge in [-0.25, -0.2) is 0 Å². The van der Waals surface area contributed by atoms with Gasteiger partial charge in [0.05, 0.1) is 10.6 Å². The van der Waals surface area contributed by atoms with Gasteiger partial charge in [0.1, 0.15) is 6.07 Å². The van der Waals surface area contributed by atoms with E-state index >= 15 is 0 Å². The van der Waals surface area contributed by atoms with Crippen molar-refractivity contribution in [2.24, 2.45) is 0 Å². The first-order valence-electron chi connectivity index (χ1n) is 6.22. The number of nitriles is 1. The zero-order chi connectivity index (χ0) is 14.3. The van der Waals surface area contributed by atoms with E-state index < -0.39 is 0 Å². The van der Waals surface area contributed by atoms with Gasteiger partial charge in [-0.1, -0.05) is 11.6 Å². The first kappa shape index (κ1) is 15.4. The molecular formula is C15H18ClN3. The predicted molar refractivity (Wildman–Crippen MR) is 80.3 cm³/mol. The van der Waals surface area contributed by atoms with E-state index in [1.54, 1.807) is 6.07 Å². The molecule has 3 nitrogen and oxygen atoms in total. The Balaban J connectivity index is 0.000000861. The number of hydrogen-bond donors (Lipinski definition) is 2. The van der Waals surface area contributed by atoms with Crippen LogP contribution in [0.15, 0.2) is 12.1 Å². The molecule has 0 amide bonds. The summed E-state index contributed by atoms with van der Waals surface area (Å²) in [6.45, 7) is 3.95. The van der Waals surface area contributed by atoms with Crippen molar-refractivity contribution in [1.82, 2.24) is 5.32 Å². The van der Waals surface area contributed by atoms with Gasteiger partial charge in [-0.2, -0.15) is 5.26 Å². The Bertz CT molecular complexity index is 482. The van der Waals surface area contributed by atoms with Crippen LogP contribution < -0.4 is 10.6 Å². The molecule has 100 valence electrons. The molecule has 0 spiro atoms. The number of rotatable bonds is 3. The van der Waals surface area contributed by atoms with Crippen LogP contribution in [0.3, 0.4) is 0 Å². The van der Waals surface area contributed by atoms with Gasteiger partial charge in [-0.05, 0) is 44.0 Å². The lowest BCUT2D eigenvalue weighted by Crippen LogP contribution is -2.29. The average molecular weight is 276 g/mol. The smallest absolute Gasteiger partial charge is 0.101 e. The molecule has 1 heterocycles. The standard InChI is InChI=1S/C13H16ClN3.C2H2/c1-9-12(5-4-10(7-15)13(9)14)17-8-11-3-2-6-16-11;1-2/h4-5,11,16-17H,2-3,6,8H2,1H3;1-2H/t11-;/m0./s1. The van der Waals surface area contributed by atoms with E-state index in [9.17, 15) is 0 Å². The first-order valence-corrected chi connectivity index (χ1v) is 6.60. The van der Waals surface area contributed by atoms with E-state index in [0.29, 0.717) is 16.6 Å². The van der Waals surface area contributed by atoms with Crippen LogP contribution in [0.25, 0.3) is 0 Å². The molecule has 1 aromatic carbocycles. The van der Waals surface area contributed by atoms with Gasteiger partial charge in [0.2, 0.25) is 0 Å². The van der Waals surface area contributed by atoms with Gasteiger partial charge in [-0.15, -0.1) is 12.8 Å². The van der Waals surface area contributed by atoms with Crippen molar-refractivity contribution in [3.05, 3.63) is 28.3 Å². The van der Waals surface area contributed by atoms with E-state index in [1.165, 1.54) is 12.8 Å². The summed E-state index contributed by atoms with van der Waals surface area (Å²) in [6.07, 6.45) is 10.5. The summed E-state index contributed by atoms with van der Waals surface area (Å²) in [5, 5.41) is 16.3. The number of nitrogens with zero attached hydrogens (tertiary/aromatic N) is 1. The van der Waals surface area contributed by atoms with Crippen LogP contribution in [0.5, 0.6) is 0 Å². The van der Waals surface area contributed by atoms with Crippen molar-refractivity contribution >= 4 is 17.3 Å². The number of terminal acetylenes is 1. The minimum atomic E-state index is 0.536. The number of benzene rings is 1. The van der Waals surface area contributed by atoms with Crippen molar-refractivity contribution in [1.29, 1.82) is 5.26 Å². The molecule has 0 radical (unpaired) electrons. The van der Waals surface area contributed by atoms with Crippen molar-refractivity contribution in [3.63, 3.8) is 0 Å². The highest BCUT2D eigenvalue weighted by Crippen LogP contribution is 2.27. The van der Waals surface area contributed by atoms with Crippen molar-refractivity contribution < 1.29 is 0 Å². The lowest BCUT2D eigenvalue weighted by atomic mass is 10.1. The van der Waals surface area contributed by atoms with Gasteiger partial charge in [0.15, 0.2) is 0 Å². The summed E-state index contributed by atoms with van der Waals surface area (Å²) in [5.41, 5.74) is 2.50. The maximum atomic E-state index is 8.87. The summed E-state index contributed by atoms with van der Waals surface area (Å²) in [4.78, 5) is 0. The zero-order valence-corrected chi connectivity index (χ0v) is 11.8. The second-order valence-electron chi connectivity index (χ2n) is 4.39. The number of hydrogen-bond acceptors (Lipinski definition) is 3. The van der Waals surface area contributed by atoms with Crippen LogP contribution >= 0.6 is 11.6 Å². The lowest BCUT2D eigenvalue weighted by Gasteiger charge is -2.15. The van der Waals surface area contributed by atoms with Crippen LogP contribution in [-0.4, -0.2) is 19.1 Å². The summed E-state index contributed by atoms with van der Waals surface area (Å²) in [6, 6.07) is 6.32. The van der Waals surface area contributed by atoms with Gasteiger partial charge >= 0.3 is 0 Å². The van der Waals surface area contributed by atoms with E-state index in [4.69, 9.17) is 16.9 Å². The fourth-order valence-corrected chi connectivity index (χ4v) is 2.33. The monoisotopic (exact) mass is 275 g/mol. The van der Waals surface area contributed by atoms with Crippen LogP contribution in [0.2, 0.25) is 5.02 Å². The van der Waals surface area contributed by atoms with Gasteiger partial charge in [0, 0.05) is 18.3 Å². The highest BCUT2D eigenvalue weighted by atomic mass is 35.5. The molecule has 1 atom stereocenters. The summed E-state index contributed by atoms with van der Waals surface area (Å²) in [5.74, 6) is 0. The molecule has 2 rings (SSSR count). The largest absolute Gasteiger partial charge is 0.383 e. The second-order valence-corrected chi connectivity index (χ2v) is 4.76. The van der Waals surface area contributed by atoms with Crippen LogP contribution in [0.4, 0.5) is 5.69 Å². The third kappa shape index (κ3) is 3.89. The van der Waals surface area contributed by atoms with Gasteiger partial charge in [-0.3, -0.25) is 0 Å². The molecule has 1 saturated heterocycles. The van der Waals surface area contributed by atoms with Crippen LogP contribution in [0, 0.1) is 31.1 Å². The quantitative estimate of drug-likeness (QED) is 0.834. The molecule has 0 bridgehead atoms. The van der Waals surface area contributed by atoms with E-state index in [2.05, 4.69) is 29.5 Å². The maximum absolute atomic E-state index is 8.87. The minimum Gasteiger partial charge on any atom is -0.383 e. The van der Waals surface area contributed by atoms with Crippen LogP contribution in [-0.2, 0) is 0 Å². The first-order chi connectivity index (χ1) is 9.22. The molecule has 19 heavy (non-hydrogen) atoms. The Morgan fingerprint density at radius 1 is 1.53 bits per heavy atom. The molecule has 4 heteroatoms. The Labute approximate surface area is 120 Å². The van der Waals surface area contributed by atoms with E-state index in [0.717, 1.165) is 24.3 Å². The third-order valence-electron chi connectivity index (χ3n) is 3.21. The number of anilines is 1. The summed E-state index contributed by atoms with van der Waals surface area (Å²) < 4.78 is 0. The molecular weight excluding hydrogens is 258 g/mol. The topological polar surface area (TPSA) is 47.8 Å². The molecule has 1 aromatic rings. The fraction of sp³-hybridized carbons (Fsp3) is 0.400. The van der Waals surface area contributed by atoms with Crippen molar-refractivity contribution in [3.8, 4) is 18.9 Å².